The summed E-state index contributed by atoms with van der Waals surface area (Å²) in [6.07, 6.45) is 3.68. The van der Waals surface area contributed by atoms with Crippen LogP contribution in [0.5, 0.6) is 5.75 Å². The van der Waals surface area contributed by atoms with Gasteiger partial charge in [-0.05, 0) is 48.9 Å². The van der Waals surface area contributed by atoms with Crippen LogP contribution in [0.2, 0.25) is 0 Å². The summed E-state index contributed by atoms with van der Waals surface area (Å²) >= 11 is 0. The molecule has 4 rings (SSSR count). The van der Waals surface area contributed by atoms with Crippen LogP contribution < -0.4 is 10.1 Å². The molecule has 0 radical (unpaired) electrons. The molecule has 1 aromatic rings. The molecule has 2 fully saturated rings. The van der Waals surface area contributed by atoms with Crippen molar-refractivity contribution >= 4 is 15.9 Å². The fourth-order valence-corrected chi connectivity index (χ4v) is 6.07. The minimum atomic E-state index is -3.57. The standard InChI is InChI=1S/C17H22N2O4S/c1-23-15-6-7-16(13-5-3-2-4-12(13)15)24(21,22)19-9-11-8-18-17(20)14(11)10-19/h6-7,11,14H,2-5,8-10H2,1H3,(H,18,20)/t11-,14+/m0/s1. The van der Waals surface area contributed by atoms with E-state index in [0.29, 0.717) is 24.5 Å². The van der Waals surface area contributed by atoms with Gasteiger partial charge in [-0.1, -0.05) is 0 Å². The van der Waals surface area contributed by atoms with Crippen LogP contribution in [0.4, 0.5) is 0 Å². The normalized spacial score (nSPS) is 26.8. The number of carbonyl (C=O) groups is 1. The maximum absolute atomic E-state index is 13.2. The van der Waals surface area contributed by atoms with Crippen molar-refractivity contribution in [2.45, 2.75) is 30.6 Å². The Balaban J connectivity index is 1.72. The third-order valence-corrected chi connectivity index (χ3v) is 7.49. The molecule has 0 unspecified atom stereocenters. The van der Waals surface area contributed by atoms with Crippen LogP contribution in [0.1, 0.15) is 24.0 Å². The lowest BCUT2D eigenvalue weighted by Crippen LogP contribution is -2.34. The maximum Gasteiger partial charge on any atom is 0.243 e. The van der Waals surface area contributed by atoms with E-state index < -0.39 is 10.0 Å². The highest BCUT2D eigenvalue weighted by atomic mass is 32.2. The molecule has 1 N–H and O–H groups in total. The lowest BCUT2D eigenvalue weighted by molar-refractivity contribution is -0.122. The summed E-state index contributed by atoms with van der Waals surface area (Å²) in [5.41, 5.74) is 1.93. The molecule has 130 valence electrons. The van der Waals surface area contributed by atoms with Gasteiger partial charge in [-0.3, -0.25) is 4.79 Å². The summed E-state index contributed by atoms with van der Waals surface area (Å²) in [6.45, 7) is 1.29. The molecule has 0 aromatic heterocycles. The SMILES string of the molecule is COc1ccc(S(=O)(=O)N2C[C@@H]3CNC(=O)[C@@H]3C2)c2c1CCCC2. The van der Waals surface area contributed by atoms with Crippen LogP contribution in [-0.2, 0) is 27.7 Å². The number of benzene rings is 1. The third kappa shape index (κ3) is 2.33. The molecule has 24 heavy (non-hydrogen) atoms. The summed E-state index contributed by atoms with van der Waals surface area (Å²) in [6, 6.07) is 3.44. The molecular formula is C17H22N2O4S. The molecule has 6 nitrogen and oxygen atoms in total. The molecule has 0 saturated carbocycles. The van der Waals surface area contributed by atoms with Crippen LogP contribution in [0.3, 0.4) is 0 Å². The minimum Gasteiger partial charge on any atom is -0.496 e. The van der Waals surface area contributed by atoms with Gasteiger partial charge in [-0.25, -0.2) is 8.42 Å². The van der Waals surface area contributed by atoms with Gasteiger partial charge in [0.05, 0.1) is 17.9 Å². The van der Waals surface area contributed by atoms with Crippen molar-refractivity contribution in [1.82, 2.24) is 9.62 Å². The van der Waals surface area contributed by atoms with Gasteiger partial charge in [0.2, 0.25) is 15.9 Å². The quantitative estimate of drug-likeness (QED) is 0.880. The molecular weight excluding hydrogens is 328 g/mol. The van der Waals surface area contributed by atoms with Crippen LogP contribution in [0, 0.1) is 11.8 Å². The van der Waals surface area contributed by atoms with Crippen molar-refractivity contribution in [2.24, 2.45) is 11.8 Å². The summed E-state index contributed by atoms with van der Waals surface area (Å²) in [5.74, 6) is 0.658. The average Bonchev–Trinajstić information content (AvgIpc) is 3.16. The minimum absolute atomic E-state index is 0.0190. The van der Waals surface area contributed by atoms with Crippen molar-refractivity contribution in [2.75, 3.05) is 26.7 Å². The molecule has 7 heteroatoms. The summed E-state index contributed by atoms with van der Waals surface area (Å²) < 4.78 is 33.3. The predicted molar refractivity (Wildman–Crippen MR) is 88.4 cm³/mol. The van der Waals surface area contributed by atoms with Crippen LogP contribution in [0.15, 0.2) is 17.0 Å². The Bertz CT molecular complexity index is 790. The first-order valence-electron chi connectivity index (χ1n) is 8.49. The maximum atomic E-state index is 13.2. The van der Waals surface area contributed by atoms with Crippen molar-refractivity contribution in [1.29, 1.82) is 0 Å². The number of nitrogens with one attached hydrogen (secondary N) is 1. The molecule has 0 bridgehead atoms. The van der Waals surface area contributed by atoms with E-state index in [-0.39, 0.29) is 17.7 Å². The fraction of sp³-hybridized carbons (Fsp3) is 0.588. The highest BCUT2D eigenvalue weighted by Crippen LogP contribution is 2.37. The lowest BCUT2D eigenvalue weighted by Gasteiger charge is -2.25. The first-order chi connectivity index (χ1) is 11.5. The fourth-order valence-electron chi connectivity index (χ4n) is 4.27. The molecule has 3 aliphatic rings. The number of fused-ring (bicyclic) bond motifs is 2. The van der Waals surface area contributed by atoms with Crippen LogP contribution in [-0.4, -0.2) is 45.4 Å². The van der Waals surface area contributed by atoms with Gasteiger partial charge in [0, 0.05) is 25.6 Å². The highest BCUT2D eigenvalue weighted by molar-refractivity contribution is 7.89. The molecule has 1 amide bonds. The Morgan fingerprint density at radius 1 is 1.17 bits per heavy atom. The van der Waals surface area contributed by atoms with Gasteiger partial charge in [0.1, 0.15) is 5.75 Å². The van der Waals surface area contributed by atoms with Gasteiger partial charge < -0.3 is 10.1 Å². The predicted octanol–water partition coefficient (Wildman–Crippen LogP) is 0.940. The van der Waals surface area contributed by atoms with E-state index in [4.69, 9.17) is 4.74 Å². The zero-order chi connectivity index (χ0) is 16.9. The van der Waals surface area contributed by atoms with Crippen LogP contribution >= 0.6 is 0 Å². The Kier molecular flexibility index (Phi) is 3.80. The van der Waals surface area contributed by atoms with Crippen molar-refractivity contribution in [3.05, 3.63) is 23.3 Å². The number of sulfonamides is 1. The molecule has 1 aliphatic carbocycles. The number of carbonyl (C=O) groups excluding carboxylic acids is 1. The Morgan fingerprint density at radius 3 is 2.62 bits per heavy atom. The first kappa shape index (κ1) is 15.9. The zero-order valence-electron chi connectivity index (χ0n) is 13.7. The highest BCUT2D eigenvalue weighted by Gasteiger charge is 2.46. The topological polar surface area (TPSA) is 75.7 Å². The number of rotatable bonds is 3. The molecule has 2 aliphatic heterocycles. The second kappa shape index (κ2) is 5.74. The van der Waals surface area contributed by atoms with E-state index in [2.05, 4.69) is 5.32 Å². The molecule has 0 spiro atoms. The average molecular weight is 350 g/mol. The second-order valence-electron chi connectivity index (χ2n) is 6.86. The number of nitrogens with zero attached hydrogens (tertiary/aromatic N) is 1. The Labute approximate surface area is 142 Å². The molecule has 2 atom stereocenters. The van der Waals surface area contributed by atoms with Gasteiger partial charge in [-0.15, -0.1) is 0 Å². The smallest absolute Gasteiger partial charge is 0.243 e. The first-order valence-corrected chi connectivity index (χ1v) is 9.93. The van der Waals surface area contributed by atoms with E-state index in [9.17, 15) is 13.2 Å². The van der Waals surface area contributed by atoms with E-state index in [0.717, 1.165) is 42.6 Å². The monoisotopic (exact) mass is 350 g/mol. The zero-order valence-corrected chi connectivity index (χ0v) is 14.6. The van der Waals surface area contributed by atoms with Gasteiger partial charge >= 0.3 is 0 Å². The number of hydrogen-bond acceptors (Lipinski definition) is 4. The Hall–Kier alpha value is -1.60. The van der Waals surface area contributed by atoms with Gasteiger partial charge in [-0.2, -0.15) is 4.31 Å². The summed E-state index contributed by atoms with van der Waals surface area (Å²) in [4.78, 5) is 12.2. The molecule has 1 aromatic carbocycles. The Morgan fingerprint density at radius 2 is 1.92 bits per heavy atom. The number of hydrogen-bond donors (Lipinski definition) is 1. The van der Waals surface area contributed by atoms with E-state index in [1.54, 1.807) is 19.2 Å². The molecule has 2 saturated heterocycles. The number of methoxy groups -OCH3 is 1. The van der Waals surface area contributed by atoms with Gasteiger partial charge in [0.25, 0.3) is 0 Å². The summed E-state index contributed by atoms with van der Waals surface area (Å²) in [7, 11) is -1.95. The van der Waals surface area contributed by atoms with Gasteiger partial charge in [0.15, 0.2) is 0 Å². The van der Waals surface area contributed by atoms with Crippen molar-refractivity contribution in [3.8, 4) is 5.75 Å². The second-order valence-corrected chi connectivity index (χ2v) is 8.77. The van der Waals surface area contributed by atoms with E-state index in [1.165, 1.54) is 4.31 Å². The summed E-state index contributed by atoms with van der Waals surface area (Å²) in [5, 5.41) is 2.82. The van der Waals surface area contributed by atoms with E-state index in [1.807, 2.05) is 0 Å². The van der Waals surface area contributed by atoms with E-state index >= 15 is 0 Å². The third-order valence-electron chi connectivity index (χ3n) is 5.57. The molecule has 2 heterocycles. The number of amides is 1. The lowest BCUT2D eigenvalue weighted by atomic mass is 9.91. The van der Waals surface area contributed by atoms with Crippen molar-refractivity contribution < 1.29 is 17.9 Å². The largest absolute Gasteiger partial charge is 0.496 e. The number of ether oxygens (including phenoxy) is 1. The van der Waals surface area contributed by atoms with Crippen LogP contribution in [0.25, 0.3) is 0 Å². The van der Waals surface area contributed by atoms with Crippen molar-refractivity contribution in [3.63, 3.8) is 0 Å².